The van der Waals surface area contributed by atoms with Crippen molar-refractivity contribution in [1.29, 1.82) is 0 Å². The van der Waals surface area contributed by atoms with Crippen LogP contribution >= 0.6 is 0 Å². The van der Waals surface area contributed by atoms with Gasteiger partial charge in [-0.05, 0) is 48.9 Å². The molecule has 0 radical (unpaired) electrons. The third-order valence-corrected chi connectivity index (χ3v) is 6.03. The van der Waals surface area contributed by atoms with Crippen LogP contribution in [0.25, 0.3) is 0 Å². The maximum Gasteiger partial charge on any atom is 0.0177 e. The average Bonchev–Trinajstić information content (AvgIpc) is 2.85. The summed E-state index contributed by atoms with van der Waals surface area (Å²) in [6.45, 7) is 7.55. The SMILES string of the molecule is CC1(C)C(NC2CCCC2)[C@]2(C)CC[C@H]1C2. The van der Waals surface area contributed by atoms with Gasteiger partial charge in [-0.3, -0.25) is 0 Å². The minimum Gasteiger partial charge on any atom is -0.310 e. The van der Waals surface area contributed by atoms with Gasteiger partial charge in [-0.2, -0.15) is 0 Å². The van der Waals surface area contributed by atoms with Crippen LogP contribution in [0.2, 0.25) is 0 Å². The van der Waals surface area contributed by atoms with Crippen molar-refractivity contribution in [2.75, 3.05) is 0 Å². The highest BCUT2D eigenvalue weighted by atomic mass is 15.0. The second kappa shape index (κ2) is 3.48. The smallest absolute Gasteiger partial charge is 0.0177 e. The first-order chi connectivity index (χ1) is 7.52. The van der Waals surface area contributed by atoms with E-state index in [1.54, 1.807) is 0 Å². The predicted octanol–water partition coefficient (Wildman–Crippen LogP) is 3.73. The molecule has 0 heterocycles. The second-order valence-corrected chi connectivity index (χ2v) is 7.50. The van der Waals surface area contributed by atoms with Crippen molar-refractivity contribution in [3.8, 4) is 0 Å². The van der Waals surface area contributed by atoms with Crippen molar-refractivity contribution in [3.63, 3.8) is 0 Å². The van der Waals surface area contributed by atoms with Crippen LogP contribution in [0.5, 0.6) is 0 Å². The fraction of sp³-hybridized carbons (Fsp3) is 1.00. The number of hydrogen-bond acceptors (Lipinski definition) is 1. The van der Waals surface area contributed by atoms with E-state index in [4.69, 9.17) is 0 Å². The Bertz CT molecular complexity index is 272. The molecule has 0 aliphatic heterocycles. The maximum absolute atomic E-state index is 4.04. The minimum atomic E-state index is 0.537. The Kier molecular flexibility index (Phi) is 2.41. The van der Waals surface area contributed by atoms with Crippen LogP contribution in [0.3, 0.4) is 0 Å². The molecule has 3 aliphatic rings. The van der Waals surface area contributed by atoms with Gasteiger partial charge in [0.15, 0.2) is 0 Å². The molecule has 3 rings (SSSR count). The van der Waals surface area contributed by atoms with E-state index in [9.17, 15) is 0 Å². The van der Waals surface area contributed by atoms with Gasteiger partial charge in [0.2, 0.25) is 0 Å². The molecule has 16 heavy (non-hydrogen) atoms. The monoisotopic (exact) mass is 221 g/mol. The topological polar surface area (TPSA) is 12.0 Å². The zero-order valence-corrected chi connectivity index (χ0v) is 11.2. The van der Waals surface area contributed by atoms with E-state index in [2.05, 4.69) is 26.1 Å². The van der Waals surface area contributed by atoms with Crippen molar-refractivity contribution in [2.45, 2.75) is 77.8 Å². The standard InChI is InChI=1S/C15H27N/c1-14(2)11-8-9-15(3,10-11)13(14)16-12-6-4-5-7-12/h11-13,16H,4-10H2,1-3H3/t11-,13?,15+/m0/s1. The van der Waals surface area contributed by atoms with Gasteiger partial charge >= 0.3 is 0 Å². The molecular weight excluding hydrogens is 194 g/mol. The number of nitrogens with one attached hydrogen (secondary N) is 1. The highest BCUT2D eigenvalue weighted by Crippen LogP contribution is 2.62. The first kappa shape index (κ1) is 11.1. The summed E-state index contributed by atoms with van der Waals surface area (Å²) in [6, 6.07) is 1.61. The fourth-order valence-electron chi connectivity index (χ4n) is 5.05. The second-order valence-electron chi connectivity index (χ2n) is 7.50. The summed E-state index contributed by atoms with van der Waals surface area (Å²) < 4.78 is 0. The molecule has 3 fully saturated rings. The van der Waals surface area contributed by atoms with Crippen LogP contribution in [0.4, 0.5) is 0 Å². The van der Waals surface area contributed by atoms with Gasteiger partial charge in [0.1, 0.15) is 0 Å². The number of rotatable bonds is 2. The van der Waals surface area contributed by atoms with E-state index >= 15 is 0 Å². The molecule has 0 aromatic carbocycles. The lowest BCUT2D eigenvalue weighted by atomic mass is 9.68. The number of hydrogen-bond donors (Lipinski definition) is 1. The van der Waals surface area contributed by atoms with Crippen LogP contribution < -0.4 is 5.32 Å². The third kappa shape index (κ3) is 1.47. The van der Waals surface area contributed by atoms with Crippen LogP contribution in [0.1, 0.15) is 65.7 Å². The molecule has 1 N–H and O–H groups in total. The predicted molar refractivity (Wildman–Crippen MR) is 68.4 cm³/mol. The molecule has 0 aromatic heterocycles. The van der Waals surface area contributed by atoms with Crippen LogP contribution in [0, 0.1) is 16.7 Å². The molecule has 2 bridgehead atoms. The first-order valence-electron chi connectivity index (χ1n) is 7.28. The van der Waals surface area contributed by atoms with Gasteiger partial charge < -0.3 is 5.32 Å². The molecule has 1 heteroatoms. The zero-order valence-electron chi connectivity index (χ0n) is 11.2. The van der Waals surface area contributed by atoms with Crippen molar-refractivity contribution in [3.05, 3.63) is 0 Å². The van der Waals surface area contributed by atoms with Crippen LogP contribution in [-0.4, -0.2) is 12.1 Å². The van der Waals surface area contributed by atoms with Gasteiger partial charge in [0, 0.05) is 12.1 Å². The van der Waals surface area contributed by atoms with E-state index in [-0.39, 0.29) is 0 Å². The summed E-state index contributed by atoms with van der Waals surface area (Å²) in [4.78, 5) is 0. The summed E-state index contributed by atoms with van der Waals surface area (Å²) in [6.07, 6.45) is 10.2. The summed E-state index contributed by atoms with van der Waals surface area (Å²) >= 11 is 0. The van der Waals surface area contributed by atoms with Gasteiger partial charge in [0.25, 0.3) is 0 Å². The molecule has 92 valence electrons. The molecule has 3 saturated carbocycles. The Morgan fingerprint density at radius 2 is 1.69 bits per heavy atom. The first-order valence-corrected chi connectivity index (χ1v) is 7.28. The maximum atomic E-state index is 4.04. The lowest BCUT2D eigenvalue weighted by Crippen LogP contribution is -2.53. The van der Waals surface area contributed by atoms with Gasteiger partial charge in [-0.25, -0.2) is 0 Å². The van der Waals surface area contributed by atoms with Gasteiger partial charge in [-0.15, -0.1) is 0 Å². The minimum absolute atomic E-state index is 0.537. The summed E-state index contributed by atoms with van der Waals surface area (Å²) in [5, 5.41) is 4.04. The lowest BCUT2D eigenvalue weighted by Gasteiger charge is -2.44. The molecular formula is C15H27N. The third-order valence-electron chi connectivity index (χ3n) is 6.03. The Morgan fingerprint density at radius 1 is 1.00 bits per heavy atom. The van der Waals surface area contributed by atoms with Crippen LogP contribution in [0.15, 0.2) is 0 Å². The molecule has 3 aliphatic carbocycles. The Morgan fingerprint density at radius 3 is 2.25 bits per heavy atom. The molecule has 3 atom stereocenters. The zero-order chi connectivity index (χ0) is 11.4. The number of fused-ring (bicyclic) bond motifs is 2. The van der Waals surface area contributed by atoms with Crippen molar-refractivity contribution in [2.24, 2.45) is 16.7 Å². The normalized spacial score (nSPS) is 46.7. The van der Waals surface area contributed by atoms with E-state index in [1.165, 1.54) is 44.9 Å². The molecule has 0 saturated heterocycles. The molecule has 0 aromatic rings. The Balaban J connectivity index is 1.77. The summed E-state index contributed by atoms with van der Waals surface area (Å²) in [5.41, 5.74) is 1.15. The quantitative estimate of drug-likeness (QED) is 0.749. The highest BCUT2D eigenvalue weighted by Gasteiger charge is 2.59. The van der Waals surface area contributed by atoms with Gasteiger partial charge in [-0.1, -0.05) is 33.6 Å². The Hall–Kier alpha value is -0.0400. The molecule has 1 nitrogen and oxygen atoms in total. The van der Waals surface area contributed by atoms with Crippen molar-refractivity contribution >= 4 is 0 Å². The molecule has 0 amide bonds. The average molecular weight is 221 g/mol. The molecule has 0 spiro atoms. The van der Waals surface area contributed by atoms with E-state index in [0.29, 0.717) is 10.8 Å². The Labute approximate surface area is 100 Å². The van der Waals surface area contributed by atoms with Crippen molar-refractivity contribution in [1.82, 2.24) is 5.32 Å². The lowest BCUT2D eigenvalue weighted by molar-refractivity contribution is 0.0989. The summed E-state index contributed by atoms with van der Waals surface area (Å²) in [7, 11) is 0. The van der Waals surface area contributed by atoms with E-state index < -0.39 is 0 Å². The van der Waals surface area contributed by atoms with Crippen molar-refractivity contribution < 1.29 is 0 Å². The molecule has 1 unspecified atom stereocenters. The largest absolute Gasteiger partial charge is 0.310 e. The van der Waals surface area contributed by atoms with Crippen LogP contribution in [-0.2, 0) is 0 Å². The van der Waals surface area contributed by atoms with Gasteiger partial charge in [0.05, 0.1) is 0 Å². The highest BCUT2D eigenvalue weighted by molar-refractivity contribution is 5.12. The van der Waals surface area contributed by atoms with E-state index in [1.807, 2.05) is 0 Å². The summed E-state index contributed by atoms with van der Waals surface area (Å²) in [5.74, 6) is 0.983. The fourth-order valence-corrected chi connectivity index (χ4v) is 5.05. The van der Waals surface area contributed by atoms with E-state index in [0.717, 1.165) is 18.0 Å².